The fourth-order valence-corrected chi connectivity index (χ4v) is 1.49. The molecule has 0 amide bonds. The van der Waals surface area contributed by atoms with Crippen LogP contribution in [-0.2, 0) is 9.53 Å². The number of nitrogens with zero attached hydrogens (tertiary/aromatic N) is 2. The number of rotatable bonds is 3. The molecule has 0 aliphatic rings. The number of halogens is 1. The average Bonchev–Trinajstić information content (AvgIpc) is 2.30. The zero-order valence-corrected chi connectivity index (χ0v) is 11.7. The molecule has 0 unspecified atom stereocenters. The lowest BCUT2D eigenvalue weighted by Crippen LogP contribution is -2.24. The second-order valence-corrected chi connectivity index (χ2v) is 4.92. The molecule has 1 heterocycles. The van der Waals surface area contributed by atoms with E-state index in [-0.39, 0.29) is 22.3 Å². The highest BCUT2D eigenvalue weighted by Gasteiger charge is 2.23. The Morgan fingerprint density at radius 1 is 1.47 bits per heavy atom. The molecule has 0 saturated heterocycles. The summed E-state index contributed by atoms with van der Waals surface area (Å²) >= 11 is 5.94. The summed E-state index contributed by atoms with van der Waals surface area (Å²) < 4.78 is 10.2. The van der Waals surface area contributed by atoms with Crippen LogP contribution in [-0.4, -0.2) is 29.7 Å². The highest BCUT2D eigenvalue weighted by Crippen LogP contribution is 2.33. The van der Waals surface area contributed by atoms with Gasteiger partial charge in [-0.25, -0.2) is 14.6 Å². The lowest BCUT2D eigenvalue weighted by molar-refractivity contribution is 0.0586. The highest BCUT2D eigenvalue weighted by molar-refractivity contribution is 6.31. The summed E-state index contributed by atoms with van der Waals surface area (Å²) in [4.78, 5) is 29.1. The predicted molar refractivity (Wildman–Crippen MR) is 68.7 cm³/mol. The molecule has 7 heteroatoms. The SMILES string of the molecule is COC(=O)c1cc(N=C=O)nc(Cl)c1OC(C)(C)C. The number of pyridine rings is 1. The number of aliphatic imine (C=N–C) groups is 1. The van der Waals surface area contributed by atoms with Crippen LogP contribution in [0, 0.1) is 0 Å². The molecular weight excluding hydrogens is 272 g/mol. The third-order valence-corrected chi connectivity index (χ3v) is 2.15. The van der Waals surface area contributed by atoms with E-state index in [1.165, 1.54) is 19.3 Å². The van der Waals surface area contributed by atoms with Crippen molar-refractivity contribution in [1.29, 1.82) is 0 Å². The predicted octanol–water partition coefficient (Wildman–Crippen LogP) is 2.67. The van der Waals surface area contributed by atoms with Crippen molar-refractivity contribution in [2.45, 2.75) is 26.4 Å². The van der Waals surface area contributed by atoms with Gasteiger partial charge in [-0.05, 0) is 20.8 Å². The summed E-state index contributed by atoms with van der Waals surface area (Å²) in [6.07, 6.45) is 1.32. The molecule has 0 aliphatic heterocycles. The van der Waals surface area contributed by atoms with Gasteiger partial charge in [-0.3, -0.25) is 0 Å². The smallest absolute Gasteiger partial charge is 0.341 e. The number of aromatic nitrogens is 1. The molecule has 0 bridgehead atoms. The Balaban J connectivity index is 3.43. The van der Waals surface area contributed by atoms with Gasteiger partial charge in [-0.1, -0.05) is 11.6 Å². The number of ether oxygens (including phenoxy) is 2. The maximum Gasteiger partial charge on any atom is 0.341 e. The van der Waals surface area contributed by atoms with E-state index in [0.29, 0.717) is 0 Å². The van der Waals surface area contributed by atoms with E-state index in [9.17, 15) is 9.59 Å². The summed E-state index contributed by atoms with van der Waals surface area (Å²) in [6, 6.07) is 1.25. The number of hydrogen-bond donors (Lipinski definition) is 0. The highest BCUT2D eigenvalue weighted by atomic mass is 35.5. The summed E-state index contributed by atoms with van der Waals surface area (Å²) in [6.45, 7) is 5.38. The van der Waals surface area contributed by atoms with E-state index in [2.05, 4.69) is 14.7 Å². The van der Waals surface area contributed by atoms with Gasteiger partial charge in [-0.15, -0.1) is 4.99 Å². The Labute approximate surface area is 115 Å². The van der Waals surface area contributed by atoms with Crippen molar-refractivity contribution >= 4 is 29.5 Å². The molecule has 0 N–H and O–H groups in total. The van der Waals surface area contributed by atoms with E-state index in [1.54, 1.807) is 20.8 Å². The van der Waals surface area contributed by atoms with Gasteiger partial charge in [0.2, 0.25) is 6.08 Å². The van der Waals surface area contributed by atoms with E-state index >= 15 is 0 Å². The van der Waals surface area contributed by atoms with Gasteiger partial charge in [0.15, 0.2) is 16.7 Å². The molecule has 1 rings (SSSR count). The molecule has 0 fully saturated rings. The average molecular weight is 285 g/mol. The summed E-state index contributed by atoms with van der Waals surface area (Å²) in [5.41, 5.74) is -0.532. The molecule has 1 aromatic heterocycles. The number of hydrogen-bond acceptors (Lipinski definition) is 6. The summed E-state index contributed by atoms with van der Waals surface area (Å²) in [7, 11) is 1.22. The number of carbonyl (C=O) groups excluding carboxylic acids is 2. The third-order valence-electron chi connectivity index (χ3n) is 1.89. The topological polar surface area (TPSA) is 77.9 Å². The first-order valence-electron chi connectivity index (χ1n) is 5.34. The zero-order valence-electron chi connectivity index (χ0n) is 11.0. The minimum atomic E-state index is -0.661. The molecule has 0 spiro atoms. The third kappa shape index (κ3) is 4.05. The van der Waals surface area contributed by atoms with Gasteiger partial charge < -0.3 is 9.47 Å². The normalized spacial score (nSPS) is 10.6. The van der Waals surface area contributed by atoms with Crippen LogP contribution in [0.3, 0.4) is 0 Å². The van der Waals surface area contributed by atoms with Crippen molar-refractivity contribution in [3.63, 3.8) is 0 Å². The van der Waals surface area contributed by atoms with Gasteiger partial charge in [0.1, 0.15) is 11.2 Å². The second kappa shape index (κ2) is 5.82. The monoisotopic (exact) mass is 284 g/mol. The Kier molecular flexibility index (Phi) is 4.64. The van der Waals surface area contributed by atoms with E-state index in [0.717, 1.165) is 0 Å². The largest absolute Gasteiger partial charge is 0.484 e. The molecule has 0 saturated carbocycles. The first-order valence-corrected chi connectivity index (χ1v) is 5.72. The van der Waals surface area contributed by atoms with Gasteiger partial charge in [0.05, 0.1) is 7.11 Å². The molecule has 0 aromatic carbocycles. The Morgan fingerprint density at radius 2 is 2.11 bits per heavy atom. The molecule has 19 heavy (non-hydrogen) atoms. The molecular formula is C12H13ClN2O4. The maximum atomic E-state index is 11.7. The van der Waals surface area contributed by atoms with Crippen molar-refractivity contribution in [2.75, 3.05) is 7.11 Å². The lowest BCUT2D eigenvalue weighted by Gasteiger charge is -2.23. The zero-order chi connectivity index (χ0) is 14.6. The number of methoxy groups -OCH3 is 1. The van der Waals surface area contributed by atoms with Crippen molar-refractivity contribution in [3.8, 4) is 5.75 Å². The lowest BCUT2D eigenvalue weighted by atomic mass is 10.1. The summed E-state index contributed by atoms with van der Waals surface area (Å²) in [5, 5.41) is -0.0770. The number of esters is 1. The van der Waals surface area contributed by atoms with Crippen LogP contribution in [0.15, 0.2) is 11.1 Å². The first kappa shape index (κ1) is 15.1. The van der Waals surface area contributed by atoms with Crippen LogP contribution in [0.1, 0.15) is 31.1 Å². The Hall–Kier alpha value is -1.91. The van der Waals surface area contributed by atoms with Gasteiger partial charge >= 0.3 is 5.97 Å². The molecule has 1 aromatic rings. The minimum Gasteiger partial charge on any atom is -0.484 e. The first-order chi connectivity index (χ1) is 8.78. The Bertz CT molecular complexity index is 545. The van der Waals surface area contributed by atoms with E-state index in [4.69, 9.17) is 16.3 Å². The standard InChI is InChI=1S/C12H13ClN2O4/c1-12(2,3)19-9-7(11(17)18-4)5-8(14-6-16)15-10(9)13/h5H,1-4H3. The van der Waals surface area contributed by atoms with Crippen LogP contribution in [0.4, 0.5) is 5.82 Å². The van der Waals surface area contributed by atoms with Gasteiger partial charge in [0.25, 0.3) is 0 Å². The van der Waals surface area contributed by atoms with Crippen LogP contribution in [0.25, 0.3) is 0 Å². The number of isocyanates is 1. The van der Waals surface area contributed by atoms with Gasteiger partial charge in [0, 0.05) is 6.07 Å². The molecule has 0 atom stereocenters. The van der Waals surface area contributed by atoms with Crippen molar-refractivity contribution in [3.05, 3.63) is 16.8 Å². The fraction of sp³-hybridized carbons (Fsp3) is 0.417. The molecule has 6 nitrogen and oxygen atoms in total. The van der Waals surface area contributed by atoms with Crippen LogP contribution in [0.5, 0.6) is 5.75 Å². The van der Waals surface area contributed by atoms with Crippen molar-refractivity contribution in [1.82, 2.24) is 4.98 Å². The van der Waals surface area contributed by atoms with E-state index in [1.807, 2.05) is 0 Å². The van der Waals surface area contributed by atoms with Crippen LogP contribution in [0.2, 0.25) is 5.15 Å². The molecule has 102 valence electrons. The van der Waals surface area contributed by atoms with Crippen LogP contribution >= 0.6 is 11.6 Å². The minimum absolute atomic E-state index is 0.0401. The fourth-order valence-electron chi connectivity index (χ4n) is 1.26. The number of carbonyl (C=O) groups is 1. The maximum absolute atomic E-state index is 11.7. The second-order valence-electron chi connectivity index (χ2n) is 4.56. The van der Waals surface area contributed by atoms with Gasteiger partial charge in [-0.2, -0.15) is 0 Å². The molecule has 0 radical (unpaired) electrons. The van der Waals surface area contributed by atoms with Crippen molar-refractivity contribution < 1.29 is 19.1 Å². The quantitative estimate of drug-likeness (QED) is 0.369. The van der Waals surface area contributed by atoms with Crippen LogP contribution < -0.4 is 4.74 Å². The summed E-state index contributed by atoms with van der Waals surface area (Å²) in [5.74, 6) is -0.613. The van der Waals surface area contributed by atoms with E-state index < -0.39 is 11.6 Å². The molecule has 0 aliphatic carbocycles. The Morgan fingerprint density at radius 3 is 2.58 bits per heavy atom. The van der Waals surface area contributed by atoms with Crippen molar-refractivity contribution in [2.24, 2.45) is 4.99 Å².